The Labute approximate surface area is 92.7 Å². The van der Waals surface area contributed by atoms with Gasteiger partial charge in [-0.15, -0.1) is 0 Å². The fourth-order valence-corrected chi connectivity index (χ4v) is 1.02. The summed E-state index contributed by atoms with van der Waals surface area (Å²) in [5.74, 6) is 0.0150. The molecule has 1 rings (SSSR count). The third kappa shape index (κ3) is 6.70. The molecule has 1 atom stereocenters. The molecular formula is C13H20N2. The summed E-state index contributed by atoms with van der Waals surface area (Å²) in [6, 6.07) is 12.0. The lowest BCUT2D eigenvalue weighted by Crippen LogP contribution is -1.95. The highest BCUT2D eigenvalue weighted by Gasteiger charge is 1.99. The zero-order valence-corrected chi connectivity index (χ0v) is 9.61. The quantitative estimate of drug-likeness (QED) is 0.822. The smallest absolute Gasteiger partial charge is 0.0700 e. The topological polar surface area (TPSA) is 49.8 Å². The van der Waals surface area contributed by atoms with Crippen molar-refractivity contribution in [1.82, 2.24) is 0 Å². The van der Waals surface area contributed by atoms with Crippen molar-refractivity contribution in [2.45, 2.75) is 32.6 Å². The zero-order valence-electron chi connectivity index (χ0n) is 9.61. The van der Waals surface area contributed by atoms with Gasteiger partial charge in [0.2, 0.25) is 0 Å². The van der Waals surface area contributed by atoms with Crippen molar-refractivity contribution in [2.75, 3.05) is 6.54 Å². The third-order valence-corrected chi connectivity index (χ3v) is 2.05. The number of hydrogen-bond donors (Lipinski definition) is 1. The van der Waals surface area contributed by atoms with Crippen LogP contribution in [-0.4, -0.2) is 6.54 Å². The van der Waals surface area contributed by atoms with Crippen LogP contribution in [0.4, 0.5) is 0 Å². The Bertz CT molecular complexity index is 272. The first-order valence-electron chi connectivity index (χ1n) is 5.40. The molecular weight excluding hydrogens is 184 g/mol. The average molecular weight is 204 g/mol. The van der Waals surface area contributed by atoms with E-state index in [1.807, 2.05) is 37.3 Å². The van der Waals surface area contributed by atoms with Crippen LogP contribution in [-0.2, 0) is 0 Å². The molecule has 15 heavy (non-hydrogen) atoms. The summed E-state index contributed by atoms with van der Waals surface area (Å²) in [5, 5.41) is 8.54. The van der Waals surface area contributed by atoms with Gasteiger partial charge < -0.3 is 5.73 Å². The highest BCUT2D eigenvalue weighted by atomic mass is 14.5. The number of rotatable bonds is 3. The van der Waals surface area contributed by atoms with Crippen LogP contribution in [0, 0.1) is 11.3 Å². The predicted molar refractivity (Wildman–Crippen MR) is 64.4 cm³/mol. The lowest BCUT2D eigenvalue weighted by atomic mass is 10.0. The lowest BCUT2D eigenvalue weighted by Gasteiger charge is -1.99. The van der Waals surface area contributed by atoms with Crippen molar-refractivity contribution in [3.63, 3.8) is 0 Å². The summed E-state index contributed by atoms with van der Waals surface area (Å²) in [7, 11) is 0. The van der Waals surface area contributed by atoms with Gasteiger partial charge >= 0.3 is 0 Å². The minimum Gasteiger partial charge on any atom is -0.330 e. The summed E-state index contributed by atoms with van der Waals surface area (Å²) < 4.78 is 0. The van der Waals surface area contributed by atoms with Crippen molar-refractivity contribution in [1.29, 1.82) is 5.26 Å². The Morgan fingerprint density at radius 2 is 1.93 bits per heavy atom. The molecule has 0 spiro atoms. The fraction of sp³-hybridized carbons (Fsp3) is 0.462. The second kappa shape index (κ2) is 9.23. The van der Waals surface area contributed by atoms with Gasteiger partial charge in [-0.05, 0) is 25.5 Å². The molecule has 0 aliphatic rings. The van der Waals surface area contributed by atoms with E-state index >= 15 is 0 Å². The molecule has 0 saturated heterocycles. The Morgan fingerprint density at radius 3 is 2.27 bits per heavy atom. The largest absolute Gasteiger partial charge is 0.330 e. The summed E-state index contributed by atoms with van der Waals surface area (Å²) >= 11 is 0. The maximum atomic E-state index is 8.54. The molecule has 0 aliphatic carbocycles. The molecule has 1 aromatic rings. The molecule has 2 N–H and O–H groups in total. The Morgan fingerprint density at radius 1 is 1.33 bits per heavy atom. The minimum absolute atomic E-state index is 0.0150. The second-order valence-corrected chi connectivity index (χ2v) is 3.40. The van der Waals surface area contributed by atoms with Crippen LogP contribution < -0.4 is 5.73 Å². The number of nitriles is 1. The van der Waals surface area contributed by atoms with Gasteiger partial charge in [0, 0.05) is 0 Å². The first-order valence-corrected chi connectivity index (χ1v) is 5.40. The molecule has 0 fully saturated rings. The van der Waals surface area contributed by atoms with Crippen molar-refractivity contribution in [3.8, 4) is 6.07 Å². The molecule has 0 heterocycles. The van der Waals surface area contributed by atoms with E-state index in [-0.39, 0.29) is 5.92 Å². The number of unbranched alkanes of at least 4 members (excludes halogenated alkanes) is 1. The molecule has 82 valence electrons. The predicted octanol–water partition coefficient (Wildman–Crippen LogP) is 3.06. The Kier molecular flexibility index (Phi) is 8.42. The monoisotopic (exact) mass is 204 g/mol. The maximum Gasteiger partial charge on any atom is 0.0700 e. The van der Waals surface area contributed by atoms with E-state index in [0.717, 1.165) is 12.1 Å². The zero-order chi connectivity index (χ0) is 11.5. The molecule has 0 bridgehead atoms. The first-order chi connectivity index (χ1) is 7.26. The third-order valence-electron chi connectivity index (χ3n) is 2.05. The van der Waals surface area contributed by atoms with E-state index in [9.17, 15) is 0 Å². The van der Waals surface area contributed by atoms with E-state index < -0.39 is 0 Å². The van der Waals surface area contributed by atoms with Gasteiger partial charge in [-0.3, -0.25) is 0 Å². The molecule has 2 nitrogen and oxygen atoms in total. The van der Waals surface area contributed by atoms with Crippen molar-refractivity contribution in [2.24, 2.45) is 5.73 Å². The van der Waals surface area contributed by atoms with Crippen molar-refractivity contribution < 1.29 is 0 Å². The number of nitrogens with zero attached hydrogens (tertiary/aromatic N) is 1. The van der Waals surface area contributed by atoms with Gasteiger partial charge in [-0.1, -0.05) is 43.7 Å². The van der Waals surface area contributed by atoms with E-state index in [2.05, 4.69) is 13.0 Å². The number of nitrogens with two attached hydrogens (primary N) is 1. The normalized spacial score (nSPS) is 10.8. The summed E-state index contributed by atoms with van der Waals surface area (Å²) in [6.07, 6.45) is 2.39. The van der Waals surface area contributed by atoms with Gasteiger partial charge in [-0.25, -0.2) is 0 Å². The molecule has 0 radical (unpaired) electrons. The Hall–Kier alpha value is -1.33. The van der Waals surface area contributed by atoms with Gasteiger partial charge in [0.15, 0.2) is 0 Å². The van der Waals surface area contributed by atoms with Crippen LogP contribution in [0.1, 0.15) is 38.2 Å². The van der Waals surface area contributed by atoms with Gasteiger partial charge in [0.05, 0.1) is 12.0 Å². The fourth-order valence-electron chi connectivity index (χ4n) is 1.02. The summed E-state index contributed by atoms with van der Waals surface area (Å²) in [4.78, 5) is 0. The van der Waals surface area contributed by atoms with E-state index in [0.29, 0.717) is 0 Å². The second-order valence-electron chi connectivity index (χ2n) is 3.40. The van der Waals surface area contributed by atoms with Crippen LogP contribution in [0.15, 0.2) is 30.3 Å². The van der Waals surface area contributed by atoms with Gasteiger partial charge in [0.1, 0.15) is 0 Å². The molecule has 0 aromatic heterocycles. The van der Waals surface area contributed by atoms with Gasteiger partial charge in [0.25, 0.3) is 0 Å². The molecule has 1 aromatic carbocycles. The highest BCUT2D eigenvalue weighted by molar-refractivity contribution is 5.23. The number of hydrogen-bond acceptors (Lipinski definition) is 2. The highest BCUT2D eigenvalue weighted by Crippen LogP contribution is 2.11. The molecule has 0 saturated carbocycles. The van der Waals surface area contributed by atoms with E-state index in [1.165, 1.54) is 12.8 Å². The van der Waals surface area contributed by atoms with E-state index in [1.54, 1.807) is 0 Å². The molecule has 2 heteroatoms. The standard InChI is InChI=1S/C9H9N.C4H11N/c1-8(7-10)9-5-3-2-4-6-9;1-2-3-4-5/h2-6,8H,1H3;2-5H2,1H3. The number of benzene rings is 1. The van der Waals surface area contributed by atoms with Crippen molar-refractivity contribution >= 4 is 0 Å². The van der Waals surface area contributed by atoms with Gasteiger partial charge in [-0.2, -0.15) is 5.26 Å². The van der Waals surface area contributed by atoms with E-state index in [4.69, 9.17) is 11.0 Å². The Balaban J connectivity index is 0.000000336. The molecule has 0 amide bonds. The molecule has 1 unspecified atom stereocenters. The SMILES string of the molecule is CC(C#N)c1ccccc1.CCCCN. The van der Waals surface area contributed by atoms with Crippen LogP contribution in [0.3, 0.4) is 0 Å². The van der Waals surface area contributed by atoms with Crippen LogP contribution in [0.2, 0.25) is 0 Å². The van der Waals surface area contributed by atoms with Crippen LogP contribution >= 0.6 is 0 Å². The van der Waals surface area contributed by atoms with Crippen LogP contribution in [0.5, 0.6) is 0 Å². The maximum absolute atomic E-state index is 8.54. The first kappa shape index (κ1) is 13.7. The lowest BCUT2D eigenvalue weighted by molar-refractivity contribution is 0.807. The minimum atomic E-state index is 0.0150. The van der Waals surface area contributed by atoms with Crippen LogP contribution in [0.25, 0.3) is 0 Å². The summed E-state index contributed by atoms with van der Waals surface area (Å²) in [5.41, 5.74) is 6.23. The molecule has 0 aliphatic heterocycles. The average Bonchev–Trinajstić information content (AvgIpc) is 2.31. The van der Waals surface area contributed by atoms with Crippen molar-refractivity contribution in [3.05, 3.63) is 35.9 Å². The summed E-state index contributed by atoms with van der Waals surface area (Å²) in [6.45, 7) is 4.87.